The van der Waals surface area contributed by atoms with Gasteiger partial charge in [0.25, 0.3) is 0 Å². The third kappa shape index (κ3) is 6.82. The lowest BCUT2D eigenvalue weighted by atomic mass is 10.1. The molecule has 2 aromatic rings. The number of ether oxygens (including phenoxy) is 2. The maximum absolute atomic E-state index is 11.7. The monoisotopic (exact) mass is 326 g/mol. The molecule has 0 amide bonds. The van der Waals surface area contributed by atoms with Crippen molar-refractivity contribution in [1.29, 1.82) is 0 Å². The zero-order valence-electron chi connectivity index (χ0n) is 14.5. The first kappa shape index (κ1) is 18.0. The molecule has 0 saturated carbocycles. The minimum absolute atomic E-state index is 0.0869. The second-order valence-electron chi connectivity index (χ2n) is 6.55. The van der Waals surface area contributed by atoms with Gasteiger partial charge in [0.05, 0.1) is 0 Å². The molecule has 0 aliphatic carbocycles. The van der Waals surface area contributed by atoms with Gasteiger partial charge in [-0.2, -0.15) is 0 Å². The number of esters is 1. The zero-order valence-corrected chi connectivity index (χ0v) is 14.5. The van der Waals surface area contributed by atoms with Gasteiger partial charge < -0.3 is 9.47 Å². The van der Waals surface area contributed by atoms with Crippen LogP contribution in [0.15, 0.2) is 48.8 Å². The maximum Gasteiger partial charge on any atom is 0.344 e. The Hall–Kier alpha value is -2.36. The average molecular weight is 326 g/mol. The van der Waals surface area contributed by atoms with Crippen LogP contribution in [0.25, 0.3) is 0 Å². The van der Waals surface area contributed by atoms with E-state index in [1.165, 1.54) is 5.56 Å². The van der Waals surface area contributed by atoms with E-state index in [0.717, 1.165) is 18.4 Å². The lowest BCUT2D eigenvalue weighted by Gasteiger charge is -2.19. The summed E-state index contributed by atoms with van der Waals surface area (Å²) in [5.41, 5.74) is 1.79. The summed E-state index contributed by atoms with van der Waals surface area (Å²) in [4.78, 5) is 15.8. The van der Waals surface area contributed by atoms with Crippen LogP contribution in [0.5, 0.6) is 5.75 Å². The van der Waals surface area contributed by atoms with E-state index in [0.29, 0.717) is 5.75 Å². The summed E-state index contributed by atoms with van der Waals surface area (Å²) in [7, 11) is 0. The highest BCUT2D eigenvalue weighted by Crippen LogP contribution is 2.17. The summed E-state index contributed by atoms with van der Waals surface area (Å²) in [5.74, 6) is 0.296. The van der Waals surface area contributed by atoms with Crippen molar-refractivity contribution >= 4 is 5.97 Å². The Morgan fingerprint density at radius 2 is 2.04 bits per heavy atom. The summed E-state index contributed by atoms with van der Waals surface area (Å²) >= 11 is 0. The minimum Gasteiger partial charge on any atom is -0.482 e. The van der Waals surface area contributed by atoms with E-state index in [-0.39, 0.29) is 12.6 Å². The average Bonchev–Trinajstić information content (AvgIpc) is 2.53. The second kappa shape index (κ2) is 8.48. The van der Waals surface area contributed by atoms with E-state index in [1.807, 2.05) is 57.3 Å². The van der Waals surface area contributed by atoms with Crippen LogP contribution in [-0.2, 0) is 16.0 Å². The summed E-state index contributed by atoms with van der Waals surface area (Å²) in [6, 6.07) is 11.7. The summed E-state index contributed by atoms with van der Waals surface area (Å²) < 4.78 is 10.7. The van der Waals surface area contributed by atoms with E-state index < -0.39 is 5.60 Å². The van der Waals surface area contributed by atoms with Gasteiger partial charge in [-0.05, 0) is 69.4 Å². The van der Waals surface area contributed by atoms with Crippen molar-refractivity contribution < 1.29 is 14.3 Å². The number of carbonyl (C=O) groups is 1. The van der Waals surface area contributed by atoms with Gasteiger partial charge in [0.1, 0.15) is 11.4 Å². The molecule has 0 fully saturated rings. The Morgan fingerprint density at radius 1 is 1.21 bits per heavy atom. The SMILES string of the molecule is CC(C)(C)OC(=O)COc1cccc([CH]CCc2cccnc2)c1. The van der Waals surface area contributed by atoms with Crippen LogP contribution in [0.3, 0.4) is 0 Å². The molecule has 4 nitrogen and oxygen atoms in total. The topological polar surface area (TPSA) is 48.4 Å². The number of aryl methyl sites for hydroxylation is 1. The number of rotatable bonds is 7. The van der Waals surface area contributed by atoms with Crippen molar-refractivity contribution in [3.05, 3.63) is 66.3 Å². The molecule has 0 bridgehead atoms. The van der Waals surface area contributed by atoms with Crippen molar-refractivity contribution in [1.82, 2.24) is 4.98 Å². The van der Waals surface area contributed by atoms with Crippen LogP contribution in [0.2, 0.25) is 0 Å². The number of hydrogen-bond acceptors (Lipinski definition) is 4. The highest BCUT2D eigenvalue weighted by molar-refractivity contribution is 5.71. The lowest BCUT2D eigenvalue weighted by Crippen LogP contribution is -2.27. The molecule has 0 aliphatic heterocycles. The van der Waals surface area contributed by atoms with Crippen molar-refractivity contribution in [2.75, 3.05) is 6.61 Å². The predicted octanol–water partition coefficient (Wildman–Crippen LogP) is 3.99. The van der Waals surface area contributed by atoms with Gasteiger partial charge in [-0.15, -0.1) is 0 Å². The molecule has 24 heavy (non-hydrogen) atoms. The van der Waals surface area contributed by atoms with Gasteiger partial charge in [0.15, 0.2) is 6.61 Å². The maximum atomic E-state index is 11.7. The molecule has 1 aromatic carbocycles. The largest absolute Gasteiger partial charge is 0.482 e. The standard InChI is InChI=1S/C20H24NO3/c1-20(2,3)24-19(22)15-23-18-11-5-8-16(13-18)7-4-9-17-10-6-12-21-14-17/h5-8,10-14H,4,9,15H2,1-3H3. The number of carbonyl (C=O) groups excluding carboxylic acids is 1. The minimum atomic E-state index is -0.498. The molecular weight excluding hydrogens is 302 g/mol. The van der Waals surface area contributed by atoms with Crippen LogP contribution < -0.4 is 4.74 Å². The molecule has 0 N–H and O–H groups in total. The van der Waals surface area contributed by atoms with E-state index in [1.54, 1.807) is 6.20 Å². The molecule has 0 saturated heterocycles. The Bertz CT molecular complexity index is 647. The van der Waals surface area contributed by atoms with Gasteiger partial charge in [-0.1, -0.05) is 18.2 Å². The third-order valence-corrected chi connectivity index (χ3v) is 3.17. The molecule has 0 aliphatic rings. The van der Waals surface area contributed by atoms with Crippen molar-refractivity contribution in [2.45, 2.75) is 39.2 Å². The Morgan fingerprint density at radius 3 is 2.75 bits per heavy atom. The third-order valence-electron chi connectivity index (χ3n) is 3.17. The molecule has 127 valence electrons. The normalized spacial score (nSPS) is 11.1. The first-order valence-electron chi connectivity index (χ1n) is 8.09. The highest BCUT2D eigenvalue weighted by atomic mass is 16.6. The number of benzene rings is 1. The van der Waals surface area contributed by atoms with Crippen molar-refractivity contribution in [2.24, 2.45) is 0 Å². The first-order chi connectivity index (χ1) is 11.4. The van der Waals surface area contributed by atoms with E-state index >= 15 is 0 Å². The van der Waals surface area contributed by atoms with Gasteiger partial charge in [0, 0.05) is 12.4 Å². The molecule has 2 rings (SSSR count). The van der Waals surface area contributed by atoms with Crippen LogP contribution in [0.4, 0.5) is 0 Å². The van der Waals surface area contributed by atoms with Crippen LogP contribution in [0.1, 0.15) is 38.3 Å². The zero-order chi connectivity index (χ0) is 17.4. The van der Waals surface area contributed by atoms with Crippen LogP contribution in [-0.4, -0.2) is 23.2 Å². The van der Waals surface area contributed by atoms with Gasteiger partial charge in [0.2, 0.25) is 0 Å². The number of aromatic nitrogens is 1. The quantitative estimate of drug-likeness (QED) is 0.722. The molecule has 0 unspecified atom stereocenters. The molecule has 0 spiro atoms. The summed E-state index contributed by atoms with van der Waals surface area (Å²) in [6.07, 6.45) is 7.66. The Balaban J connectivity index is 1.79. The van der Waals surface area contributed by atoms with Gasteiger partial charge in [-0.3, -0.25) is 4.98 Å². The number of hydrogen-bond donors (Lipinski definition) is 0. The molecule has 4 heteroatoms. The van der Waals surface area contributed by atoms with Crippen molar-refractivity contribution in [3.8, 4) is 5.75 Å². The molecule has 1 radical (unpaired) electrons. The summed E-state index contributed by atoms with van der Waals surface area (Å²) in [6.45, 7) is 5.42. The van der Waals surface area contributed by atoms with Crippen molar-refractivity contribution in [3.63, 3.8) is 0 Å². The number of pyridine rings is 1. The van der Waals surface area contributed by atoms with Gasteiger partial charge >= 0.3 is 5.97 Å². The number of nitrogens with zero attached hydrogens (tertiary/aromatic N) is 1. The highest BCUT2D eigenvalue weighted by Gasteiger charge is 2.16. The molecule has 1 heterocycles. The smallest absolute Gasteiger partial charge is 0.344 e. The molecule has 0 atom stereocenters. The fourth-order valence-electron chi connectivity index (χ4n) is 2.20. The summed E-state index contributed by atoms with van der Waals surface area (Å²) in [5, 5.41) is 0. The molecular formula is C20H24NO3. The Kier molecular flexibility index (Phi) is 6.36. The van der Waals surface area contributed by atoms with E-state index in [2.05, 4.69) is 17.5 Å². The van der Waals surface area contributed by atoms with Gasteiger partial charge in [-0.25, -0.2) is 4.79 Å². The fourth-order valence-corrected chi connectivity index (χ4v) is 2.20. The Labute approximate surface area is 143 Å². The second-order valence-corrected chi connectivity index (χ2v) is 6.55. The molecule has 1 aromatic heterocycles. The fraction of sp³-hybridized carbons (Fsp3) is 0.350. The van der Waals surface area contributed by atoms with E-state index in [4.69, 9.17) is 9.47 Å². The van der Waals surface area contributed by atoms with E-state index in [9.17, 15) is 4.79 Å². The van der Waals surface area contributed by atoms with Crippen LogP contribution in [0, 0.1) is 6.42 Å². The predicted molar refractivity (Wildman–Crippen MR) is 93.7 cm³/mol. The first-order valence-corrected chi connectivity index (χ1v) is 8.09. The lowest BCUT2D eigenvalue weighted by molar-refractivity contribution is -0.157. The van der Waals surface area contributed by atoms with Crippen LogP contribution >= 0.6 is 0 Å².